The van der Waals surface area contributed by atoms with Crippen molar-refractivity contribution in [2.75, 3.05) is 0 Å². The van der Waals surface area contributed by atoms with E-state index in [1.165, 1.54) is 33.4 Å². The Morgan fingerprint density at radius 3 is 1.05 bits per heavy atom. The van der Waals surface area contributed by atoms with Gasteiger partial charge in [-0.2, -0.15) is 0 Å². The average Bonchev–Trinajstić information content (AvgIpc) is 2.19. The zero-order chi connectivity index (χ0) is 10.9. The van der Waals surface area contributed by atoms with E-state index in [9.17, 15) is 0 Å². The maximum atomic E-state index is 3.20. The summed E-state index contributed by atoms with van der Waals surface area (Å²) in [4.78, 5) is 0. The van der Waals surface area contributed by atoms with E-state index in [0.29, 0.717) is 0 Å². The van der Waals surface area contributed by atoms with Crippen molar-refractivity contribution in [1.82, 2.24) is 0 Å². The summed E-state index contributed by atoms with van der Waals surface area (Å²) >= 11 is 0. The Balaban J connectivity index is -0.0000000817. The molecule has 0 heterocycles. The molecule has 1 rings (SSSR count). The zero-order valence-corrected chi connectivity index (χ0v) is 28.1. The molecule has 5 heteroatoms. The van der Waals surface area contributed by atoms with Gasteiger partial charge in [0.2, 0.25) is 0 Å². The Labute approximate surface area is 252 Å². The maximum absolute atomic E-state index is 3.20. The summed E-state index contributed by atoms with van der Waals surface area (Å²) in [6.45, 7) is 12.8. The summed E-state index contributed by atoms with van der Waals surface area (Å²) < 4.78 is 0. The van der Waals surface area contributed by atoms with E-state index in [0.717, 1.165) is 0 Å². The van der Waals surface area contributed by atoms with Crippen LogP contribution in [0.25, 0.3) is 0 Å². The van der Waals surface area contributed by atoms with Crippen molar-refractivity contribution in [2.45, 2.75) is 41.5 Å². The Bertz CT molecular complexity index is 413. The SMILES string of the molecule is CC#Cc1c(C)c(C)c(C)c(C)c1C.[CH3-].[Y].[Y].[Y].[Y].[Y]. The van der Waals surface area contributed by atoms with Crippen molar-refractivity contribution in [3.8, 4) is 11.8 Å². The number of hydrogen-bond donors (Lipinski definition) is 0. The van der Waals surface area contributed by atoms with Gasteiger partial charge in [-0.1, -0.05) is 5.92 Å². The largest absolute Gasteiger partial charge is 0.358 e. The van der Waals surface area contributed by atoms with Gasteiger partial charge in [0.05, 0.1) is 0 Å². The molecule has 97 valence electrons. The van der Waals surface area contributed by atoms with E-state index in [-0.39, 0.29) is 171 Å². The number of benzene rings is 1. The van der Waals surface area contributed by atoms with Gasteiger partial charge in [-0.3, -0.25) is 0 Å². The van der Waals surface area contributed by atoms with Crippen LogP contribution in [0.2, 0.25) is 0 Å². The fraction of sp³-hybridized carbons (Fsp3) is 0.400. The fourth-order valence-electron chi connectivity index (χ4n) is 1.81. The zero-order valence-electron chi connectivity index (χ0n) is 13.9. The minimum absolute atomic E-state index is 0. The van der Waals surface area contributed by atoms with E-state index >= 15 is 0 Å². The molecule has 0 aliphatic rings. The first-order chi connectivity index (χ1) is 6.50. The van der Waals surface area contributed by atoms with E-state index < -0.39 is 0 Å². The molecule has 1 aromatic carbocycles. The summed E-state index contributed by atoms with van der Waals surface area (Å²) in [6, 6.07) is 0. The minimum Gasteiger partial charge on any atom is -0.358 e. The predicted octanol–water partition coefficient (Wildman–Crippen LogP) is 4.04. The second kappa shape index (κ2) is 19.6. The Morgan fingerprint density at radius 2 is 0.800 bits per heavy atom. The van der Waals surface area contributed by atoms with Gasteiger partial charge in [-0.05, 0) is 69.4 Å². The summed E-state index contributed by atoms with van der Waals surface area (Å²) in [5, 5.41) is 0. The molecule has 0 bridgehead atoms. The molecule has 0 saturated carbocycles. The van der Waals surface area contributed by atoms with Gasteiger partial charge in [0.15, 0.2) is 0 Å². The molecule has 0 saturated heterocycles. The summed E-state index contributed by atoms with van der Waals surface area (Å²) in [6.07, 6.45) is 0. The first kappa shape index (κ1) is 39.4. The van der Waals surface area contributed by atoms with E-state index in [1.807, 2.05) is 6.92 Å². The predicted molar refractivity (Wildman–Crippen MR) is 69.1 cm³/mol. The first-order valence-electron chi connectivity index (χ1n) is 5.00. The van der Waals surface area contributed by atoms with Gasteiger partial charge < -0.3 is 7.43 Å². The van der Waals surface area contributed by atoms with Crippen LogP contribution < -0.4 is 0 Å². The third-order valence-electron chi connectivity index (χ3n) is 3.25. The third-order valence-corrected chi connectivity index (χ3v) is 3.25. The van der Waals surface area contributed by atoms with E-state index in [4.69, 9.17) is 0 Å². The number of hydrogen-bond acceptors (Lipinski definition) is 0. The first-order valence-corrected chi connectivity index (χ1v) is 5.00. The van der Waals surface area contributed by atoms with Gasteiger partial charge in [0.1, 0.15) is 0 Å². The van der Waals surface area contributed by atoms with Gasteiger partial charge in [-0.25, -0.2) is 0 Å². The monoisotopic (exact) mass is 646 g/mol. The molecule has 0 atom stereocenters. The van der Waals surface area contributed by atoms with Crippen LogP contribution in [0.15, 0.2) is 0 Å². The molecule has 0 aromatic heterocycles. The average molecular weight is 646 g/mol. The smallest absolute Gasteiger partial charge is 0.0309 e. The van der Waals surface area contributed by atoms with Gasteiger partial charge in [-0.15, -0.1) is 5.92 Å². The molecule has 20 heavy (non-hydrogen) atoms. The van der Waals surface area contributed by atoms with Crippen LogP contribution in [-0.4, -0.2) is 0 Å². The Morgan fingerprint density at radius 1 is 0.550 bits per heavy atom. The van der Waals surface area contributed by atoms with Crippen LogP contribution in [0.5, 0.6) is 0 Å². The van der Waals surface area contributed by atoms with Crippen molar-refractivity contribution in [3.63, 3.8) is 0 Å². The molecule has 5 radical (unpaired) electrons. The molecule has 0 amide bonds. The fourth-order valence-corrected chi connectivity index (χ4v) is 1.81. The topological polar surface area (TPSA) is 0 Å². The molecule has 0 N–H and O–H groups in total. The van der Waals surface area contributed by atoms with Crippen LogP contribution in [0, 0.1) is 53.9 Å². The van der Waals surface area contributed by atoms with Crippen LogP contribution >= 0.6 is 0 Å². The van der Waals surface area contributed by atoms with Crippen LogP contribution in [0.1, 0.15) is 40.3 Å². The van der Waals surface area contributed by atoms with Crippen LogP contribution in [-0.2, 0) is 164 Å². The van der Waals surface area contributed by atoms with Gasteiger partial charge in [0.25, 0.3) is 0 Å². The normalized spacial score (nSPS) is 6.70. The number of rotatable bonds is 0. The van der Waals surface area contributed by atoms with Crippen molar-refractivity contribution < 1.29 is 164 Å². The minimum atomic E-state index is 0. The molecule has 0 aliphatic carbocycles. The maximum Gasteiger partial charge on any atom is 0.0309 e. The van der Waals surface area contributed by atoms with E-state index in [1.54, 1.807) is 0 Å². The summed E-state index contributed by atoms with van der Waals surface area (Å²) in [5.74, 6) is 6.19. The van der Waals surface area contributed by atoms with Crippen molar-refractivity contribution >= 4 is 0 Å². The molecule has 0 unspecified atom stereocenters. The van der Waals surface area contributed by atoms with Crippen LogP contribution in [0.4, 0.5) is 0 Å². The molecule has 1 aromatic rings. The van der Waals surface area contributed by atoms with Gasteiger partial charge >= 0.3 is 0 Å². The van der Waals surface area contributed by atoms with Crippen molar-refractivity contribution in [1.29, 1.82) is 0 Å². The summed E-state index contributed by atoms with van der Waals surface area (Å²) in [7, 11) is 0. The molecule has 0 nitrogen and oxygen atoms in total. The molecule has 0 spiro atoms. The quantitative estimate of drug-likeness (QED) is 0.296. The standard InChI is InChI=1S/C14H18.CH3.5Y/c1-7-8-14-12(5)10(3)9(2)11(4)13(14)6;;;;;;/h1-6H3;1H3;;;;;/q;-1;;;;;. The molecule has 0 fully saturated rings. The van der Waals surface area contributed by atoms with E-state index in [2.05, 4.69) is 46.5 Å². The second-order valence-corrected chi connectivity index (χ2v) is 3.88. The van der Waals surface area contributed by atoms with Crippen molar-refractivity contribution in [3.05, 3.63) is 40.8 Å². The molecule has 0 aliphatic heterocycles. The van der Waals surface area contributed by atoms with Crippen molar-refractivity contribution in [2.24, 2.45) is 0 Å². The Kier molecular flexibility index (Phi) is 38.6. The second-order valence-electron chi connectivity index (χ2n) is 3.88. The summed E-state index contributed by atoms with van der Waals surface area (Å²) in [5.41, 5.74) is 8.05. The van der Waals surface area contributed by atoms with Gasteiger partial charge in [0, 0.05) is 169 Å². The third kappa shape index (κ3) is 10.3. The Hall–Kier alpha value is 4.30. The molecular weight excluding hydrogens is 625 g/mol. The molecular formula is C15H21Y5-. The van der Waals surface area contributed by atoms with Crippen LogP contribution in [0.3, 0.4) is 0 Å².